The lowest BCUT2D eigenvalue weighted by Gasteiger charge is -2.27. The molecule has 41 heavy (non-hydrogen) atoms. The first-order chi connectivity index (χ1) is 19.9. The number of nitrogens with zero attached hydrogens (tertiary/aromatic N) is 5. The largest absolute Gasteiger partial charge is 0.393 e. The van der Waals surface area contributed by atoms with Gasteiger partial charge in [0.25, 0.3) is 0 Å². The molecule has 1 aliphatic carbocycles. The minimum absolute atomic E-state index is 0.112. The lowest BCUT2D eigenvalue weighted by atomic mass is 9.93. The number of amides is 1. The van der Waals surface area contributed by atoms with E-state index in [0.717, 1.165) is 48.2 Å². The molecule has 1 amide bonds. The van der Waals surface area contributed by atoms with Gasteiger partial charge in [0.1, 0.15) is 11.5 Å². The highest BCUT2D eigenvalue weighted by atomic mass is 16.3. The van der Waals surface area contributed by atoms with Gasteiger partial charge in [-0.25, -0.2) is 15.0 Å². The van der Waals surface area contributed by atoms with E-state index >= 15 is 0 Å². The summed E-state index contributed by atoms with van der Waals surface area (Å²) in [6.45, 7) is 3.63. The van der Waals surface area contributed by atoms with Crippen molar-refractivity contribution in [1.29, 1.82) is 0 Å². The monoisotopic (exact) mass is 548 g/mol. The number of carbonyl (C=O) groups is 1. The molecule has 0 aliphatic heterocycles. The number of rotatable bonds is 7. The predicted molar refractivity (Wildman–Crippen MR) is 158 cm³/mol. The number of aromatic nitrogens is 5. The molecule has 0 spiro atoms. The normalized spacial score (nSPS) is 16.4. The third-order valence-electron chi connectivity index (χ3n) is 6.67. The van der Waals surface area contributed by atoms with E-state index in [1.165, 1.54) is 12.4 Å². The van der Waals surface area contributed by atoms with Gasteiger partial charge in [-0.2, -0.15) is 4.98 Å². The molecule has 4 N–H and O–H groups in total. The first-order valence-electron chi connectivity index (χ1n) is 13.7. The van der Waals surface area contributed by atoms with Crippen LogP contribution in [0.2, 0.25) is 0 Å². The molecule has 10 heteroatoms. The summed E-state index contributed by atoms with van der Waals surface area (Å²) < 4.78 is 0. The maximum atomic E-state index is 11.8. The van der Waals surface area contributed by atoms with Crippen LogP contribution in [0.25, 0.3) is 11.3 Å². The summed E-state index contributed by atoms with van der Waals surface area (Å²) in [5, 5.41) is 19.4. The van der Waals surface area contributed by atoms with Crippen molar-refractivity contribution in [2.75, 3.05) is 16.0 Å². The van der Waals surface area contributed by atoms with Crippen LogP contribution in [-0.2, 0) is 4.79 Å². The molecule has 0 radical (unpaired) electrons. The van der Waals surface area contributed by atoms with Crippen LogP contribution in [0.1, 0.15) is 50.8 Å². The van der Waals surface area contributed by atoms with Crippen LogP contribution >= 0.6 is 0 Å². The molecule has 0 atom stereocenters. The van der Waals surface area contributed by atoms with Crippen molar-refractivity contribution in [3.63, 3.8) is 0 Å². The quantitative estimate of drug-likeness (QED) is 0.240. The van der Waals surface area contributed by atoms with Crippen LogP contribution in [0.4, 0.5) is 23.3 Å². The molecule has 1 aromatic carbocycles. The van der Waals surface area contributed by atoms with E-state index in [1.807, 2.05) is 56.3 Å². The predicted octanol–water partition coefficient (Wildman–Crippen LogP) is 4.78. The van der Waals surface area contributed by atoms with Gasteiger partial charge in [-0.1, -0.05) is 25.8 Å². The lowest BCUT2D eigenvalue weighted by Crippen LogP contribution is -2.29. The molecule has 3 aromatic heterocycles. The number of aliphatic hydroxyl groups is 1. The Kier molecular flexibility index (Phi) is 8.76. The average molecular weight is 549 g/mol. The second kappa shape index (κ2) is 13.0. The van der Waals surface area contributed by atoms with E-state index in [1.54, 1.807) is 12.4 Å². The Bertz CT molecular complexity index is 1520. The van der Waals surface area contributed by atoms with Gasteiger partial charge in [0.15, 0.2) is 5.82 Å². The second-order valence-corrected chi connectivity index (χ2v) is 10.2. The summed E-state index contributed by atoms with van der Waals surface area (Å²) in [6, 6.07) is 13.6. The van der Waals surface area contributed by atoms with Gasteiger partial charge in [0.05, 0.1) is 29.8 Å². The Hall–Kier alpha value is -4.88. The van der Waals surface area contributed by atoms with Crippen LogP contribution in [-0.4, -0.2) is 48.1 Å². The first kappa shape index (κ1) is 27.7. The first-order valence-corrected chi connectivity index (χ1v) is 13.7. The van der Waals surface area contributed by atoms with E-state index in [0.29, 0.717) is 23.3 Å². The molecule has 3 heterocycles. The summed E-state index contributed by atoms with van der Waals surface area (Å²) in [6.07, 6.45) is 9.64. The van der Waals surface area contributed by atoms with Crippen molar-refractivity contribution in [2.45, 2.75) is 51.7 Å². The number of nitrogens with one attached hydrogen (secondary N) is 3. The molecule has 5 rings (SSSR count). The molecule has 208 valence electrons. The highest BCUT2D eigenvalue weighted by molar-refractivity contribution is 5.90. The average Bonchev–Trinajstić information content (AvgIpc) is 2.99. The SMILES string of the molecule is CC(C)C(=O)Nc1cnc(C#Cc2ccc(Nc3ncc(-c4ccccn4)c(NC4CCC(O)CC4)n3)cc2)cn1. The van der Waals surface area contributed by atoms with Crippen LogP contribution < -0.4 is 16.0 Å². The fourth-order valence-electron chi connectivity index (χ4n) is 4.31. The Morgan fingerprint density at radius 1 is 0.927 bits per heavy atom. The van der Waals surface area contributed by atoms with Gasteiger partial charge < -0.3 is 21.1 Å². The molecule has 0 saturated heterocycles. The van der Waals surface area contributed by atoms with Crippen molar-refractivity contribution in [2.24, 2.45) is 5.92 Å². The molecular formula is C31H32N8O2. The standard InChI is InChI=1S/C31H32N8O2/c1-20(2)30(41)38-28-19-33-24(17-34-28)11-8-21-6-9-23(10-7-21)37-31-35-18-26(27-5-3-4-16-32-27)29(39-31)36-22-12-14-25(40)15-13-22/h3-7,9-10,16-20,22,25,40H,12-15H2,1-2H3,(H,34,38,41)(H2,35,36,37,39). The van der Waals surface area contributed by atoms with Crippen molar-refractivity contribution < 1.29 is 9.90 Å². The highest BCUT2D eigenvalue weighted by Crippen LogP contribution is 2.29. The van der Waals surface area contributed by atoms with E-state index in [2.05, 4.69) is 47.7 Å². The fourth-order valence-corrected chi connectivity index (χ4v) is 4.31. The number of aliphatic hydroxyl groups excluding tert-OH is 1. The maximum Gasteiger partial charge on any atom is 0.229 e. The zero-order chi connectivity index (χ0) is 28.6. The maximum absolute atomic E-state index is 11.8. The minimum atomic E-state index is -0.226. The van der Waals surface area contributed by atoms with Crippen LogP contribution in [0.15, 0.2) is 67.3 Å². The number of anilines is 4. The van der Waals surface area contributed by atoms with Gasteiger partial charge in [-0.3, -0.25) is 9.78 Å². The zero-order valence-electron chi connectivity index (χ0n) is 23.0. The second-order valence-electron chi connectivity index (χ2n) is 10.2. The van der Waals surface area contributed by atoms with Gasteiger partial charge in [-0.15, -0.1) is 0 Å². The van der Waals surface area contributed by atoms with Gasteiger partial charge in [-0.05, 0) is 68.0 Å². The molecule has 1 saturated carbocycles. The van der Waals surface area contributed by atoms with Crippen LogP contribution in [0, 0.1) is 17.8 Å². The number of hydrogen-bond donors (Lipinski definition) is 4. The topological polar surface area (TPSA) is 138 Å². The lowest BCUT2D eigenvalue weighted by molar-refractivity contribution is -0.118. The molecule has 10 nitrogen and oxygen atoms in total. The number of benzene rings is 1. The van der Waals surface area contributed by atoms with E-state index in [-0.39, 0.29) is 24.0 Å². The van der Waals surface area contributed by atoms with Gasteiger partial charge in [0.2, 0.25) is 11.9 Å². The van der Waals surface area contributed by atoms with Crippen molar-refractivity contribution in [3.05, 3.63) is 78.5 Å². The highest BCUT2D eigenvalue weighted by Gasteiger charge is 2.21. The summed E-state index contributed by atoms with van der Waals surface area (Å²) in [5.41, 5.74) is 3.75. The number of pyridine rings is 1. The third kappa shape index (κ3) is 7.62. The summed E-state index contributed by atoms with van der Waals surface area (Å²) in [4.78, 5) is 34.1. The molecule has 1 aliphatic rings. The number of hydrogen-bond acceptors (Lipinski definition) is 9. The summed E-state index contributed by atoms with van der Waals surface area (Å²) >= 11 is 0. The molecule has 0 unspecified atom stereocenters. The smallest absolute Gasteiger partial charge is 0.229 e. The van der Waals surface area contributed by atoms with Crippen molar-refractivity contribution in [3.8, 4) is 23.1 Å². The third-order valence-corrected chi connectivity index (χ3v) is 6.67. The Balaban J connectivity index is 1.27. The van der Waals surface area contributed by atoms with E-state index < -0.39 is 0 Å². The Morgan fingerprint density at radius 3 is 2.41 bits per heavy atom. The molecular weight excluding hydrogens is 516 g/mol. The molecule has 4 aromatic rings. The molecule has 1 fully saturated rings. The van der Waals surface area contributed by atoms with E-state index in [4.69, 9.17) is 4.98 Å². The van der Waals surface area contributed by atoms with Gasteiger partial charge in [0, 0.05) is 35.6 Å². The fraction of sp³-hybridized carbons (Fsp3) is 0.290. The van der Waals surface area contributed by atoms with Crippen molar-refractivity contribution >= 4 is 29.2 Å². The van der Waals surface area contributed by atoms with Crippen LogP contribution in [0.3, 0.4) is 0 Å². The van der Waals surface area contributed by atoms with Crippen molar-refractivity contribution in [1.82, 2.24) is 24.9 Å². The van der Waals surface area contributed by atoms with E-state index in [9.17, 15) is 9.90 Å². The summed E-state index contributed by atoms with van der Waals surface area (Å²) in [7, 11) is 0. The minimum Gasteiger partial charge on any atom is -0.393 e. The summed E-state index contributed by atoms with van der Waals surface area (Å²) in [5.74, 6) is 7.39. The molecule has 0 bridgehead atoms. The van der Waals surface area contributed by atoms with Crippen LogP contribution in [0.5, 0.6) is 0 Å². The zero-order valence-corrected chi connectivity index (χ0v) is 23.0. The van der Waals surface area contributed by atoms with Gasteiger partial charge >= 0.3 is 0 Å². The number of carbonyl (C=O) groups excluding carboxylic acids is 1. The Labute approximate surface area is 239 Å². The Morgan fingerprint density at radius 2 is 1.73 bits per heavy atom.